The minimum atomic E-state index is -1.59. The number of fused-ring (bicyclic) bond motifs is 8. The van der Waals surface area contributed by atoms with Gasteiger partial charge >= 0.3 is 0 Å². The molecule has 0 saturated carbocycles. The van der Waals surface area contributed by atoms with Gasteiger partial charge in [0.1, 0.15) is 17.5 Å². The van der Waals surface area contributed by atoms with Crippen LogP contribution in [0.1, 0.15) is 166 Å². The van der Waals surface area contributed by atoms with E-state index in [2.05, 4.69) is 141 Å². The lowest BCUT2D eigenvalue weighted by molar-refractivity contribution is 0.609. The first-order valence-electron chi connectivity index (χ1n) is 27.8. The molecule has 8 heteroatoms. The quantitative estimate of drug-likeness (QED) is 0.121. The van der Waals surface area contributed by atoms with Gasteiger partial charge in [0.25, 0.3) is 0 Å². The maximum absolute atomic E-state index is 18.7. The Morgan fingerprint density at radius 2 is 0.911 bits per heavy atom. The molecule has 0 saturated heterocycles. The molecule has 4 N–H and O–H groups in total. The molecule has 0 bridgehead atoms. The Kier molecular flexibility index (Phi) is 14.8. The Morgan fingerprint density at radius 1 is 0.468 bits per heavy atom. The van der Waals surface area contributed by atoms with Crippen LogP contribution in [0.5, 0.6) is 0 Å². The van der Waals surface area contributed by atoms with E-state index in [0.29, 0.717) is 50.5 Å². The molecule has 0 aliphatic heterocycles. The number of nitrogens with zero attached hydrogens (tertiary/aromatic N) is 3. The van der Waals surface area contributed by atoms with E-state index >= 15 is 13.2 Å². The molecule has 0 unspecified atom stereocenters. The highest BCUT2D eigenvalue weighted by molar-refractivity contribution is 6.01. The zero-order valence-corrected chi connectivity index (χ0v) is 47.3. The van der Waals surface area contributed by atoms with Crippen molar-refractivity contribution in [3.05, 3.63) is 261 Å². The molecule has 2 aliphatic rings. The normalized spacial score (nSPS) is 15.0. The molecule has 10 rings (SSSR count). The first-order valence-corrected chi connectivity index (χ1v) is 27.8. The Hall–Kier alpha value is -8.23. The highest BCUT2D eigenvalue weighted by atomic mass is 19.1. The topological polar surface area (TPSA) is 63.5 Å². The van der Waals surface area contributed by atoms with Crippen LogP contribution >= 0.6 is 0 Å². The van der Waals surface area contributed by atoms with Crippen molar-refractivity contribution in [2.75, 3.05) is 9.80 Å². The van der Waals surface area contributed by atoms with Gasteiger partial charge in [-0.1, -0.05) is 172 Å². The summed E-state index contributed by atoms with van der Waals surface area (Å²) in [5, 5.41) is 0. The number of rotatable bonds is 13. The van der Waals surface area contributed by atoms with Crippen LogP contribution in [0.2, 0.25) is 0 Å². The van der Waals surface area contributed by atoms with Crippen LogP contribution in [0, 0.1) is 24.4 Å². The SMILES string of the molecule is Cc1cccc(C(C)C)c1-n1ccc2c1-c1c(F)cccc1[C@]1(C=C(N(/C=C\N)c3c(C(C)C)cccc3C(C)C)c3c(F)cccc31)c1cccc(F)c1C(N(/C=C\N)c1c(C(C)C)cc(-c3ccccc3)cc1C(C)C)=C2. The van der Waals surface area contributed by atoms with Crippen LogP contribution in [0.4, 0.5) is 24.5 Å². The zero-order chi connectivity index (χ0) is 56.2. The van der Waals surface area contributed by atoms with E-state index < -0.39 is 22.9 Å². The van der Waals surface area contributed by atoms with Crippen LogP contribution in [-0.4, -0.2) is 4.57 Å². The van der Waals surface area contributed by atoms with E-state index in [1.807, 2.05) is 76.8 Å². The monoisotopic (exact) mass is 1050 g/mol. The summed E-state index contributed by atoms with van der Waals surface area (Å²) in [6.07, 6.45) is 12.6. The number of allylic oxidation sites excluding steroid dienone is 1. The summed E-state index contributed by atoms with van der Waals surface area (Å²) in [5.41, 5.74) is 27.0. The lowest BCUT2D eigenvalue weighted by Crippen LogP contribution is -2.30. The molecule has 5 nitrogen and oxygen atoms in total. The van der Waals surface area contributed by atoms with Gasteiger partial charge in [-0.3, -0.25) is 0 Å². The summed E-state index contributed by atoms with van der Waals surface area (Å²) in [4.78, 5) is 4.04. The second-order valence-electron chi connectivity index (χ2n) is 22.7. The van der Waals surface area contributed by atoms with E-state index in [1.165, 1.54) is 30.6 Å². The molecule has 0 fully saturated rings. The lowest BCUT2D eigenvalue weighted by Gasteiger charge is -2.37. The van der Waals surface area contributed by atoms with Crippen LogP contribution in [0.25, 0.3) is 45.5 Å². The predicted molar refractivity (Wildman–Crippen MR) is 325 cm³/mol. The van der Waals surface area contributed by atoms with Gasteiger partial charge in [0.05, 0.1) is 39.6 Å². The number of hydrogen-bond donors (Lipinski definition) is 2. The van der Waals surface area contributed by atoms with Crippen LogP contribution in [0.15, 0.2) is 177 Å². The second kappa shape index (κ2) is 21.5. The van der Waals surface area contributed by atoms with Crippen molar-refractivity contribution >= 4 is 28.8 Å². The van der Waals surface area contributed by atoms with E-state index in [1.54, 1.807) is 24.4 Å². The number of anilines is 2. The van der Waals surface area contributed by atoms with Gasteiger partial charge in [0.2, 0.25) is 0 Å². The Balaban J connectivity index is 1.44. The van der Waals surface area contributed by atoms with Crippen molar-refractivity contribution in [2.24, 2.45) is 11.5 Å². The fourth-order valence-corrected chi connectivity index (χ4v) is 12.5. The average molecular weight is 1050 g/mol. The van der Waals surface area contributed by atoms with E-state index in [-0.39, 0.29) is 35.2 Å². The van der Waals surface area contributed by atoms with Gasteiger partial charge in [0, 0.05) is 53.3 Å². The molecule has 8 aromatic rings. The average Bonchev–Trinajstić information content (AvgIpc) is 4.22. The lowest BCUT2D eigenvalue weighted by atomic mass is 9.67. The number of benzene rings is 7. The van der Waals surface area contributed by atoms with Gasteiger partial charge < -0.3 is 25.8 Å². The molecule has 1 aromatic heterocycles. The molecular formula is C71H72F3N5. The smallest absolute Gasteiger partial charge is 0.132 e. The molecule has 1 spiro atoms. The number of halogens is 3. The van der Waals surface area contributed by atoms with Crippen LogP contribution < -0.4 is 21.3 Å². The summed E-state index contributed by atoms with van der Waals surface area (Å²) < 4.78 is 57.1. The maximum Gasteiger partial charge on any atom is 0.132 e. The van der Waals surface area contributed by atoms with Crippen LogP contribution in [0.3, 0.4) is 0 Å². The Labute approximate surface area is 465 Å². The first kappa shape index (κ1) is 54.1. The van der Waals surface area contributed by atoms with Crippen molar-refractivity contribution < 1.29 is 13.2 Å². The third kappa shape index (κ3) is 9.09. The standard InChI is InChI=1S/C71H72F3N5/c1-42(2)51-23-15-20-47(11)67(51)79-35-32-49-40-62(77(36-33-75)70-54(45(7)8)38-50(39-55(70)46(9)10)48-21-13-12-14-22-48)64-56(26-17-29-59(64)72)71(58-28-19-31-61(74)66(58)68(49)79)41-63(65-57(71)27-18-30-60(65)73)78(37-34-76)69-52(43(3)4)24-16-25-53(69)44(5)6/h12-46H,75-76H2,1-11H3/b36-33-,37-34-,62-40?/t71-/m1/s1. The first-order chi connectivity index (χ1) is 37.9. The van der Waals surface area contributed by atoms with Crippen molar-refractivity contribution in [1.82, 2.24) is 4.57 Å². The molecule has 1 heterocycles. The van der Waals surface area contributed by atoms with Gasteiger partial charge in [0.15, 0.2) is 0 Å². The minimum absolute atomic E-state index is 0.0140. The molecule has 0 amide bonds. The Bertz CT molecular complexity index is 3700. The Morgan fingerprint density at radius 3 is 1.43 bits per heavy atom. The van der Waals surface area contributed by atoms with Gasteiger partial charge in [-0.2, -0.15) is 0 Å². The van der Waals surface area contributed by atoms with Gasteiger partial charge in [-0.15, -0.1) is 0 Å². The van der Waals surface area contributed by atoms with Crippen molar-refractivity contribution in [1.29, 1.82) is 0 Å². The summed E-state index contributed by atoms with van der Waals surface area (Å²) in [7, 11) is 0. The number of hydrogen-bond acceptors (Lipinski definition) is 4. The molecule has 1 atom stereocenters. The molecular weight excluding hydrogens is 980 g/mol. The third-order valence-corrected chi connectivity index (χ3v) is 16.1. The highest BCUT2D eigenvalue weighted by Crippen LogP contribution is 2.58. The van der Waals surface area contributed by atoms with Crippen molar-refractivity contribution in [3.63, 3.8) is 0 Å². The van der Waals surface area contributed by atoms with Crippen LogP contribution in [-0.2, 0) is 5.41 Å². The zero-order valence-electron chi connectivity index (χ0n) is 47.3. The highest BCUT2D eigenvalue weighted by Gasteiger charge is 2.49. The number of aryl methyl sites for hydroxylation is 1. The molecule has 0 radical (unpaired) electrons. The van der Waals surface area contributed by atoms with E-state index in [4.69, 9.17) is 11.5 Å². The fraction of sp³-hybridized carbons (Fsp3) is 0.239. The summed E-state index contributed by atoms with van der Waals surface area (Å²) in [6, 6.07) is 44.8. The maximum atomic E-state index is 18.7. The molecule has 79 heavy (non-hydrogen) atoms. The van der Waals surface area contributed by atoms with Crippen molar-refractivity contribution in [3.8, 4) is 28.1 Å². The second-order valence-corrected chi connectivity index (χ2v) is 22.7. The molecule has 7 aromatic carbocycles. The summed E-state index contributed by atoms with van der Waals surface area (Å²) in [6.45, 7) is 23.7. The number of aromatic nitrogens is 1. The number of nitrogens with two attached hydrogens (primary N) is 2. The van der Waals surface area contributed by atoms with Gasteiger partial charge in [-0.05, 0) is 146 Å². The summed E-state index contributed by atoms with van der Waals surface area (Å²) in [5.74, 6) is -1.33. The molecule has 2 aliphatic carbocycles. The summed E-state index contributed by atoms with van der Waals surface area (Å²) >= 11 is 0. The van der Waals surface area contributed by atoms with Crippen molar-refractivity contribution in [2.45, 2.75) is 111 Å². The predicted octanol–water partition coefficient (Wildman–Crippen LogP) is 18.5. The van der Waals surface area contributed by atoms with E-state index in [9.17, 15) is 0 Å². The number of para-hydroxylation sites is 2. The fourth-order valence-electron chi connectivity index (χ4n) is 12.5. The third-order valence-electron chi connectivity index (χ3n) is 16.1. The van der Waals surface area contributed by atoms with E-state index in [0.717, 1.165) is 61.6 Å². The molecule has 402 valence electrons. The largest absolute Gasteiger partial charge is 0.403 e. The van der Waals surface area contributed by atoms with Gasteiger partial charge in [-0.25, -0.2) is 13.2 Å². The minimum Gasteiger partial charge on any atom is -0.403 e.